The first-order valence-electron chi connectivity index (χ1n) is 11.5. The second-order valence-electron chi connectivity index (χ2n) is 8.27. The van der Waals surface area contributed by atoms with Crippen molar-refractivity contribution in [2.75, 3.05) is 18.4 Å². The highest BCUT2D eigenvalue weighted by atomic mass is 19.1. The van der Waals surface area contributed by atoms with Crippen molar-refractivity contribution in [2.45, 2.75) is 57.1 Å². The molecular weight excluding hydrogens is 440 g/mol. The van der Waals surface area contributed by atoms with E-state index >= 15 is 0 Å². The van der Waals surface area contributed by atoms with E-state index in [1.54, 1.807) is 0 Å². The van der Waals surface area contributed by atoms with Crippen LogP contribution in [0, 0.1) is 11.6 Å². The molecule has 1 atom stereocenters. The molecule has 1 saturated heterocycles. The molecule has 8 nitrogen and oxygen atoms in total. The van der Waals surface area contributed by atoms with Crippen molar-refractivity contribution < 1.29 is 18.6 Å². The molecule has 1 unspecified atom stereocenters. The molecule has 34 heavy (non-hydrogen) atoms. The highest BCUT2D eigenvalue weighted by molar-refractivity contribution is 6.37. The highest BCUT2D eigenvalue weighted by Crippen LogP contribution is 2.44. The van der Waals surface area contributed by atoms with Crippen molar-refractivity contribution >= 4 is 27.2 Å². The van der Waals surface area contributed by atoms with Gasteiger partial charge in [0.1, 0.15) is 28.4 Å². The molecule has 3 aromatic heterocycles. The van der Waals surface area contributed by atoms with Crippen molar-refractivity contribution in [2.24, 2.45) is 0 Å². The third kappa shape index (κ3) is 5.33. The van der Waals surface area contributed by atoms with Gasteiger partial charge in [-0.3, -0.25) is 0 Å². The maximum Gasteiger partial charge on any atom is 0.168 e. The van der Waals surface area contributed by atoms with Gasteiger partial charge in [0.05, 0.1) is 6.20 Å². The van der Waals surface area contributed by atoms with Crippen LogP contribution in [0.15, 0.2) is 18.3 Å². The summed E-state index contributed by atoms with van der Waals surface area (Å²) in [4.78, 5) is 8.47. The summed E-state index contributed by atoms with van der Waals surface area (Å²) in [7, 11) is 10.7. The van der Waals surface area contributed by atoms with Crippen molar-refractivity contribution in [1.82, 2.24) is 24.9 Å². The molecule has 1 saturated carbocycles. The lowest BCUT2D eigenvalue weighted by Gasteiger charge is -2.24. The zero-order valence-electron chi connectivity index (χ0n) is 19.2. The average Bonchev–Trinajstić information content (AvgIpc) is 3.56. The molecule has 1 aliphatic heterocycles. The normalized spacial score (nSPS) is 18.3. The van der Waals surface area contributed by atoms with Gasteiger partial charge in [-0.1, -0.05) is 13.8 Å². The quantitative estimate of drug-likeness (QED) is 0.380. The Hall–Kier alpha value is -2.72. The molecule has 2 aliphatic rings. The van der Waals surface area contributed by atoms with Gasteiger partial charge < -0.3 is 20.5 Å². The summed E-state index contributed by atoms with van der Waals surface area (Å²) < 4.78 is 35.9. The van der Waals surface area contributed by atoms with Crippen molar-refractivity contribution in [1.29, 1.82) is 0 Å². The van der Waals surface area contributed by atoms with E-state index < -0.39 is 17.2 Å². The fraction of sp³-hybridized carbons (Fsp3) is 0.500. The highest BCUT2D eigenvalue weighted by Gasteiger charge is 2.32. The van der Waals surface area contributed by atoms with Crippen molar-refractivity contribution in [3.63, 3.8) is 0 Å². The zero-order valence-corrected chi connectivity index (χ0v) is 19.2. The molecule has 1 aliphatic carbocycles. The molecule has 2 fully saturated rings. The van der Waals surface area contributed by atoms with Crippen LogP contribution in [-0.4, -0.2) is 65.1 Å². The fourth-order valence-electron chi connectivity index (χ4n) is 3.89. The number of hydrogen-bond acceptors (Lipinski definition) is 7. The fourth-order valence-corrected chi connectivity index (χ4v) is 3.89. The molecule has 0 bridgehead atoms. The van der Waals surface area contributed by atoms with E-state index in [1.165, 1.54) is 16.8 Å². The number of nitrogens with one attached hydrogen (secondary N) is 2. The maximum atomic E-state index is 14.8. The summed E-state index contributed by atoms with van der Waals surface area (Å²) in [5.74, 6) is -1.33. The largest absolute Gasteiger partial charge is 0.480 e. The summed E-state index contributed by atoms with van der Waals surface area (Å²) in [5, 5.41) is 20.5. The number of aromatic nitrogens is 4. The number of nitrogens with zero attached hydrogens (tertiary/aromatic N) is 4. The van der Waals surface area contributed by atoms with Crippen LogP contribution in [-0.2, 0) is 0 Å². The molecule has 5 rings (SSSR count). The molecule has 176 valence electrons. The van der Waals surface area contributed by atoms with Crippen molar-refractivity contribution in [3.05, 3.63) is 35.7 Å². The minimum atomic E-state index is -2.38. The van der Waals surface area contributed by atoms with Crippen LogP contribution in [0.1, 0.15) is 51.1 Å². The van der Waals surface area contributed by atoms with E-state index in [9.17, 15) is 13.9 Å². The molecule has 4 heterocycles. The number of aliphatic hydroxyl groups is 1. The number of anilines is 1. The second-order valence-corrected chi connectivity index (χ2v) is 8.27. The second kappa shape index (κ2) is 9.87. The topological polar surface area (TPSA) is 96.6 Å². The van der Waals surface area contributed by atoms with E-state index in [0.29, 0.717) is 17.9 Å². The van der Waals surface area contributed by atoms with Crippen LogP contribution in [0.5, 0.6) is 5.75 Å². The number of hydrogen-bond donors (Lipinski definition) is 3. The molecule has 0 amide bonds. The maximum absolute atomic E-state index is 14.8. The number of fused-ring (bicyclic) bond motifs is 1. The van der Waals surface area contributed by atoms with Gasteiger partial charge in [-0.05, 0) is 32.2 Å². The van der Waals surface area contributed by atoms with E-state index in [1.807, 2.05) is 13.8 Å². The minimum Gasteiger partial charge on any atom is -0.480 e. The van der Waals surface area contributed by atoms with Crippen LogP contribution >= 0.6 is 0 Å². The van der Waals surface area contributed by atoms with Gasteiger partial charge in [-0.25, -0.2) is 23.3 Å². The zero-order chi connectivity index (χ0) is 24.5. The molecule has 12 heteroatoms. The molecule has 3 aromatic rings. The van der Waals surface area contributed by atoms with Gasteiger partial charge >= 0.3 is 0 Å². The van der Waals surface area contributed by atoms with Gasteiger partial charge in [0.25, 0.3) is 0 Å². The lowest BCUT2D eigenvalue weighted by molar-refractivity contribution is 0.0116. The third-order valence-corrected chi connectivity index (χ3v) is 5.53. The summed E-state index contributed by atoms with van der Waals surface area (Å²) in [6.07, 6.45) is 4.97. The van der Waals surface area contributed by atoms with E-state index in [4.69, 9.17) is 20.4 Å². The molecular formula is C22H26B2F2N6O2. The predicted molar refractivity (Wildman–Crippen MR) is 126 cm³/mol. The Morgan fingerprint density at radius 2 is 1.97 bits per heavy atom. The molecule has 0 aromatic carbocycles. The van der Waals surface area contributed by atoms with Gasteiger partial charge in [0.15, 0.2) is 38.8 Å². The predicted octanol–water partition coefficient (Wildman–Crippen LogP) is 2.46. The molecule has 3 N–H and O–H groups in total. The van der Waals surface area contributed by atoms with Gasteiger partial charge in [0.2, 0.25) is 0 Å². The number of rotatable bonds is 6. The van der Waals surface area contributed by atoms with Crippen LogP contribution in [0.25, 0.3) is 17.0 Å². The van der Waals surface area contributed by atoms with Crippen LogP contribution in [0.2, 0.25) is 0 Å². The number of pyridine rings is 1. The van der Waals surface area contributed by atoms with Gasteiger partial charge in [-0.2, -0.15) is 5.10 Å². The third-order valence-electron chi connectivity index (χ3n) is 5.53. The number of imidazole rings is 1. The number of halogens is 2. The summed E-state index contributed by atoms with van der Waals surface area (Å²) >= 11 is 0. The standard InChI is InChI=1S/C20H20B2F2N6O2.C2H6/c21-20(22,31)32-15-7-16-26-9-14(30(16)29-17(15)10-3-4-10)18-12(23)6-13(24)19(28-18)27-11-2-1-5-25-8-11;1-2/h6-7,9-11,25,31H,1-5,8H2,(H,27,28);1-2H3. The van der Waals surface area contributed by atoms with E-state index in [2.05, 4.69) is 25.7 Å². The first-order valence-corrected chi connectivity index (χ1v) is 11.5. The Labute approximate surface area is 199 Å². The van der Waals surface area contributed by atoms with Crippen molar-refractivity contribution in [3.8, 4) is 17.1 Å². The van der Waals surface area contributed by atoms with Gasteiger partial charge in [-0.15, -0.1) is 0 Å². The molecule has 4 radical (unpaired) electrons. The first-order chi connectivity index (χ1) is 16.3. The van der Waals surface area contributed by atoms with Crippen LogP contribution in [0.4, 0.5) is 14.6 Å². The Morgan fingerprint density at radius 1 is 1.21 bits per heavy atom. The lowest BCUT2D eigenvalue weighted by Crippen LogP contribution is -2.38. The van der Waals surface area contributed by atoms with E-state index in [0.717, 1.165) is 38.3 Å². The average molecular weight is 466 g/mol. The molecule has 0 spiro atoms. The smallest absolute Gasteiger partial charge is 0.168 e. The Morgan fingerprint density at radius 3 is 2.62 bits per heavy atom. The van der Waals surface area contributed by atoms with Crippen LogP contribution < -0.4 is 15.4 Å². The SMILES string of the molecule is CC.[B]C([B])(O)Oc1cc2ncc(-c3nc(NC4CCCNC4)c(F)cc3F)n2nc1C1CC1. The Bertz CT molecular complexity index is 1160. The Kier molecular flexibility index (Phi) is 7.09. The first kappa shape index (κ1) is 24.4. The van der Waals surface area contributed by atoms with Crippen LogP contribution in [0.3, 0.4) is 0 Å². The number of piperidine rings is 1. The minimum absolute atomic E-state index is 0.00294. The summed E-state index contributed by atoms with van der Waals surface area (Å²) in [6, 6.07) is 2.32. The van der Waals surface area contributed by atoms with Gasteiger partial charge in [0, 0.05) is 30.6 Å². The summed E-state index contributed by atoms with van der Waals surface area (Å²) in [5.41, 5.74) is -1.38. The monoisotopic (exact) mass is 466 g/mol. The van der Waals surface area contributed by atoms with E-state index in [-0.39, 0.29) is 34.9 Å². The summed E-state index contributed by atoms with van der Waals surface area (Å²) in [6.45, 7) is 5.59. The Balaban J connectivity index is 0.00000133. The number of ether oxygens (including phenoxy) is 1. The lowest BCUT2D eigenvalue weighted by atomic mass is 9.76.